The third-order valence-corrected chi connectivity index (χ3v) is 1.83. The highest BCUT2D eigenvalue weighted by atomic mass is 16.5. The number of hydrogen-bond donors (Lipinski definition) is 1. The first-order chi connectivity index (χ1) is 8.16. The Morgan fingerprint density at radius 2 is 2.24 bits per heavy atom. The zero-order valence-corrected chi connectivity index (χ0v) is 9.41. The highest BCUT2D eigenvalue weighted by Crippen LogP contribution is 2.10. The maximum Gasteiger partial charge on any atom is 0.316 e. The number of nitrogens with zero attached hydrogens (tertiary/aromatic N) is 4. The highest BCUT2D eigenvalue weighted by Gasteiger charge is 2.17. The summed E-state index contributed by atoms with van der Waals surface area (Å²) in [7, 11) is 0. The Morgan fingerprint density at radius 1 is 1.41 bits per heavy atom. The summed E-state index contributed by atoms with van der Waals surface area (Å²) in [6, 6.07) is 0.00867. The average Bonchev–Trinajstić information content (AvgIpc) is 2.78. The Morgan fingerprint density at radius 3 is 2.88 bits per heavy atom. The lowest BCUT2D eigenvalue weighted by Gasteiger charge is -2.03. The molecule has 0 spiro atoms. The summed E-state index contributed by atoms with van der Waals surface area (Å²) >= 11 is 0. The second-order valence-corrected chi connectivity index (χ2v) is 3.64. The predicted octanol–water partition coefficient (Wildman–Crippen LogP) is 0.665. The van der Waals surface area contributed by atoms with Crippen LogP contribution >= 0.6 is 0 Å². The van der Waals surface area contributed by atoms with Crippen molar-refractivity contribution in [2.75, 3.05) is 0 Å². The fraction of sp³-hybridized carbons (Fsp3) is 0.300. The molecule has 7 heteroatoms. The zero-order chi connectivity index (χ0) is 12.3. The lowest BCUT2D eigenvalue weighted by atomic mass is 10.4. The number of amides is 1. The fourth-order valence-electron chi connectivity index (χ4n) is 1.16. The van der Waals surface area contributed by atoms with Crippen LogP contribution in [0.4, 0.5) is 0 Å². The molecule has 2 rings (SSSR count). The van der Waals surface area contributed by atoms with Crippen LogP contribution in [-0.2, 0) is 0 Å². The van der Waals surface area contributed by atoms with Gasteiger partial charge in [-0.25, -0.2) is 4.98 Å². The van der Waals surface area contributed by atoms with Crippen molar-refractivity contribution in [2.24, 2.45) is 0 Å². The molecule has 0 aromatic carbocycles. The summed E-state index contributed by atoms with van der Waals surface area (Å²) < 4.78 is 4.84. The molecule has 0 aliphatic rings. The molecule has 0 atom stereocenters. The van der Waals surface area contributed by atoms with Crippen LogP contribution in [0.3, 0.4) is 0 Å². The standard InChI is InChI=1S/C10H11N5O2/c1-6(2)13-9(16)10-14-8(15-17-10)7-5-11-3-4-12-7/h3-6H,1-2H3,(H,13,16). The molecule has 2 heterocycles. The van der Waals surface area contributed by atoms with Gasteiger partial charge in [-0.15, -0.1) is 0 Å². The Bertz CT molecular complexity index is 508. The molecule has 1 N–H and O–H groups in total. The van der Waals surface area contributed by atoms with Crippen molar-refractivity contribution in [1.82, 2.24) is 25.4 Å². The molecule has 0 saturated heterocycles. The number of rotatable bonds is 3. The molecule has 7 nitrogen and oxygen atoms in total. The molecular formula is C10H11N5O2. The number of nitrogens with one attached hydrogen (secondary N) is 1. The minimum Gasteiger partial charge on any atom is -0.346 e. The van der Waals surface area contributed by atoms with Gasteiger partial charge in [-0.05, 0) is 13.8 Å². The summed E-state index contributed by atoms with van der Waals surface area (Å²) in [6.07, 6.45) is 4.55. The average molecular weight is 233 g/mol. The van der Waals surface area contributed by atoms with Crippen molar-refractivity contribution < 1.29 is 9.32 Å². The van der Waals surface area contributed by atoms with Gasteiger partial charge in [0, 0.05) is 18.4 Å². The van der Waals surface area contributed by atoms with Gasteiger partial charge in [-0.1, -0.05) is 5.16 Å². The summed E-state index contributed by atoms with van der Waals surface area (Å²) in [5, 5.41) is 6.32. The highest BCUT2D eigenvalue weighted by molar-refractivity contribution is 5.89. The van der Waals surface area contributed by atoms with Crippen molar-refractivity contribution in [2.45, 2.75) is 19.9 Å². The van der Waals surface area contributed by atoms with E-state index in [0.717, 1.165) is 0 Å². The van der Waals surface area contributed by atoms with Gasteiger partial charge in [0.15, 0.2) is 0 Å². The SMILES string of the molecule is CC(C)NC(=O)c1nc(-c2cnccn2)no1. The van der Waals surface area contributed by atoms with Crippen LogP contribution < -0.4 is 5.32 Å². The Kier molecular flexibility index (Phi) is 3.08. The van der Waals surface area contributed by atoms with E-state index in [1.807, 2.05) is 13.8 Å². The van der Waals surface area contributed by atoms with Crippen LogP contribution in [0.2, 0.25) is 0 Å². The molecule has 1 amide bonds. The molecule has 0 aliphatic carbocycles. The summed E-state index contributed by atoms with van der Waals surface area (Å²) in [4.78, 5) is 23.4. The van der Waals surface area contributed by atoms with E-state index >= 15 is 0 Å². The molecule has 0 radical (unpaired) electrons. The molecule has 0 saturated carbocycles. The first kappa shape index (κ1) is 11.2. The van der Waals surface area contributed by atoms with E-state index in [-0.39, 0.29) is 17.8 Å². The minimum atomic E-state index is -0.400. The molecule has 0 fully saturated rings. The van der Waals surface area contributed by atoms with E-state index in [9.17, 15) is 4.79 Å². The molecule has 17 heavy (non-hydrogen) atoms. The van der Waals surface area contributed by atoms with Crippen LogP contribution in [0.15, 0.2) is 23.1 Å². The quantitative estimate of drug-likeness (QED) is 0.837. The lowest BCUT2D eigenvalue weighted by Crippen LogP contribution is -2.30. The topological polar surface area (TPSA) is 93.8 Å². The van der Waals surface area contributed by atoms with Gasteiger partial charge < -0.3 is 9.84 Å². The minimum absolute atomic E-state index is 0.00867. The summed E-state index contributed by atoms with van der Waals surface area (Å²) in [6.45, 7) is 3.69. The van der Waals surface area contributed by atoms with Gasteiger partial charge in [-0.3, -0.25) is 9.78 Å². The maximum absolute atomic E-state index is 11.6. The molecule has 2 aromatic rings. The molecule has 0 aliphatic heterocycles. The van der Waals surface area contributed by atoms with Crippen molar-refractivity contribution >= 4 is 5.91 Å². The van der Waals surface area contributed by atoms with Crippen LogP contribution in [0.1, 0.15) is 24.5 Å². The van der Waals surface area contributed by atoms with Crippen molar-refractivity contribution in [3.8, 4) is 11.5 Å². The van der Waals surface area contributed by atoms with Crippen LogP contribution in [0, 0.1) is 0 Å². The first-order valence-electron chi connectivity index (χ1n) is 5.08. The molecule has 2 aromatic heterocycles. The normalized spacial score (nSPS) is 10.5. The second-order valence-electron chi connectivity index (χ2n) is 3.64. The van der Waals surface area contributed by atoms with Gasteiger partial charge in [0.05, 0.1) is 6.20 Å². The van der Waals surface area contributed by atoms with Crippen molar-refractivity contribution in [3.63, 3.8) is 0 Å². The number of carbonyl (C=O) groups excluding carboxylic acids is 1. The van der Waals surface area contributed by atoms with Gasteiger partial charge in [0.1, 0.15) is 5.69 Å². The van der Waals surface area contributed by atoms with E-state index in [2.05, 4.69) is 25.4 Å². The summed E-state index contributed by atoms with van der Waals surface area (Å²) in [5.74, 6) is -0.242. The molecule has 0 bridgehead atoms. The third kappa shape index (κ3) is 2.63. The Labute approximate surface area is 97.3 Å². The van der Waals surface area contributed by atoms with Crippen molar-refractivity contribution in [3.05, 3.63) is 24.5 Å². The van der Waals surface area contributed by atoms with Crippen LogP contribution in [0.5, 0.6) is 0 Å². The van der Waals surface area contributed by atoms with Crippen molar-refractivity contribution in [1.29, 1.82) is 0 Å². The van der Waals surface area contributed by atoms with Gasteiger partial charge in [-0.2, -0.15) is 4.98 Å². The van der Waals surface area contributed by atoms with Crippen LogP contribution in [0.25, 0.3) is 11.5 Å². The van der Waals surface area contributed by atoms with E-state index in [1.165, 1.54) is 18.6 Å². The van der Waals surface area contributed by atoms with Gasteiger partial charge in [0.25, 0.3) is 0 Å². The largest absolute Gasteiger partial charge is 0.346 e. The fourth-order valence-corrected chi connectivity index (χ4v) is 1.16. The lowest BCUT2D eigenvalue weighted by molar-refractivity contribution is 0.0899. The second kappa shape index (κ2) is 4.69. The zero-order valence-electron chi connectivity index (χ0n) is 9.41. The van der Waals surface area contributed by atoms with E-state index in [4.69, 9.17) is 4.52 Å². The Hall–Kier alpha value is -2.31. The Balaban J connectivity index is 2.19. The molecule has 0 unspecified atom stereocenters. The van der Waals surface area contributed by atoms with Gasteiger partial charge in [0.2, 0.25) is 5.82 Å². The monoisotopic (exact) mass is 233 g/mol. The molecule has 88 valence electrons. The smallest absolute Gasteiger partial charge is 0.316 e. The van der Waals surface area contributed by atoms with E-state index in [0.29, 0.717) is 5.69 Å². The number of carbonyl (C=O) groups is 1. The van der Waals surface area contributed by atoms with Gasteiger partial charge >= 0.3 is 11.8 Å². The number of aromatic nitrogens is 4. The van der Waals surface area contributed by atoms with E-state index < -0.39 is 5.91 Å². The molecular weight excluding hydrogens is 222 g/mol. The predicted molar refractivity (Wildman–Crippen MR) is 57.9 cm³/mol. The first-order valence-corrected chi connectivity index (χ1v) is 5.08. The third-order valence-electron chi connectivity index (χ3n) is 1.83. The number of hydrogen-bond acceptors (Lipinski definition) is 6. The van der Waals surface area contributed by atoms with Crippen LogP contribution in [-0.4, -0.2) is 32.1 Å². The maximum atomic E-state index is 11.6. The summed E-state index contributed by atoms with van der Waals surface area (Å²) in [5.41, 5.74) is 0.458. The van der Waals surface area contributed by atoms with E-state index in [1.54, 1.807) is 0 Å².